The number of carbonyl (C=O) groups excluding carboxylic acids is 2. The van der Waals surface area contributed by atoms with Gasteiger partial charge in [-0.25, -0.2) is 4.79 Å². The number of piperazine rings is 1. The number of hydrogen-bond acceptors (Lipinski definition) is 5. The highest BCUT2D eigenvalue weighted by Crippen LogP contribution is 2.19. The van der Waals surface area contributed by atoms with Crippen LogP contribution in [0.4, 0.5) is 4.79 Å². The van der Waals surface area contributed by atoms with Crippen molar-refractivity contribution in [2.24, 2.45) is 5.73 Å². The molecule has 1 unspecified atom stereocenters. The van der Waals surface area contributed by atoms with E-state index in [0.29, 0.717) is 26.2 Å². The summed E-state index contributed by atoms with van der Waals surface area (Å²) in [5.41, 5.74) is 4.76. The second-order valence-electron chi connectivity index (χ2n) is 7.54. The van der Waals surface area contributed by atoms with Gasteiger partial charge < -0.3 is 25.0 Å². The van der Waals surface area contributed by atoms with Crippen molar-refractivity contribution in [1.82, 2.24) is 9.80 Å². The first-order valence-electron chi connectivity index (χ1n) is 8.01. The first-order chi connectivity index (χ1) is 10.5. The molecule has 2 N–H and O–H groups in total. The second-order valence-corrected chi connectivity index (χ2v) is 7.54. The summed E-state index contributed by atoms with van der Waals surface area (Å²) in [6.07, 6.45) is -0.0767. The molecule has 0 radical (unpaired) electrons. The molecule has 0 saturated carbocycles. The molecular weight excluding hydrogens is 298 g/mol. The molecule has 1 heterocycles. The molecule has 1 aliphatic rings. The Labute approximate surface area is 139 Å². The Kier molecular flexibility index (Phi) is 6.41. The van der Waals surface area contributed by atoms with E-state index >= 15 is 0 Å². The van der Waals surface area contributed by atoms with Gasteiger partial charge in [0.15, 0.2) is 0 Å². The van der Waals surface area contributed by atoms with E-state index in [1.54, 1.807) is 16.9 Å². The average molecular weight is 329 g/mol. The van der Waals surface area contributed by atoms with E-state index in [1.165, 1.54) is 0 Å². The number of nitrogens with zero attached hydrogens (tertiary/aromatic N) is 2. The summed E-state index contributed by atoms with van der Waals surface area (Å²) in [5.74, 6) is -0.00358. The van der Waals surface area contributed by atoms with E-state index in [0.717, 1.165) is 0 Å². The maximum absolute atomic E-state index is 12.5. The summed E-state index contributed by atoms with van der Waals surface area (Å²) in [6, 6.07) is -0.198. The summed E-state index contributed by atoms with van der Waals surface area (Å²) in [5, 5.41) is 0. The maximum Gasteiger partial charge on any atom is 0.410 e. The van der Waals surface area contributed by atoms with Crippen LogP contribution in [0.2, 0.25) is 0 Å². The van der Waals surface area contributed by atoms with E-state index < -0.39 is 11.2 Å². The van der Waals surface area contributed by atoms with Gasteiger partial charge in [0, 0.05) is 33.3 Å². The standard InChI is InChI=1S/C16H31N3O4/c1-15(2,3)23-14(21)18-7-8-19(12(10-17)11-18)13(20)9-16(4,5)22-6/h12H,7-11,17H2,1-6H3. The molecule has 134 valence electrons. The smallest absolute Gasteiger partial charge is 0.410 e. The van der Waals surface area contributed by atoms with Gasteiger partial charge in [-0.3, -0.25) is 4.79 Å². The molecule has 1 aliphatic heterocycles. The molecule has 7 nitrogen and oxygen atoms in total. The van der Waals surface area contributed by atoms with Crippen LogP contribution in [0.1, 0.15) is 41.0 Å². The third-order valence-electron chi connectivity index (χ3n) is 3.86. The lowest BCUT2D eigenvalue weighted by Crippen LogP contribution is -2.60. The largest absolute Gasteiger partial charge is 0.444 e. The molecule has 0 bridgehead atoms. The molecule has 1 atom stereocenters. The average Bonchev–Trinajstić information content (AvgIpc) is 2.44. The number of hydrogen-bond donors (Lipinski definition) is 1. The van der Waals surface area contributed by atoms with Crippen LogP contribution in [0, 0.1) is 0 Å². The van der Waals surface area contributed by atoms with Gasteiger partial charge in [-0.05, 0) is 34.6 Å². The lowest BCUT2D eigenvalue weighted by molar-refractivity contribution is -0.141. The SMILES string of the molecule is COC(C)(C)CC(=O)N1CCN(C(=O)OC(C)(C)C)CC1CN. The summed E-state index contributed by atoms with van der Waals surface area (Å²) < 4.78 is 10.7. The van der Waals surface area contributed by atoms with Crippen molar-refractivity contribution in [2.75, 3.05) is 33.3 Å². The Bertz CT molecular complexity index is 432. The van der Waals surface area contributed by atoms with Gasteiger partial charge in [0.05, 0.1) is 18.1 Å². The van der Waals surface area contributed by atoms with E-state index in [-0.39, 0.29) is 24.5 Å². The zero-order valence-corrected chi connectivity index (χ0v) is 15.2. The Balaban J connectivity index is 2.69. The summed E-state index contributed by atoms with van der Waals surface area (Å²) >= 11 is 0. The minimum Gasteiger partial charge on any atom is -0.444 e. The van der Waals surface area contributed by atoms with Crippen molar-refractivity contribution >= 4 is 12.0 Å². The van der Waals surface area contributed by atoms with Crippen molar-refractivity contribution in [2.45, 2.75) is 58.3 Å². The molecule has 1 fully saturated rings. The highest BCUT2D eigenvalue weighted by atomic mass is 16.6. The second kappa shape index (κ2) is 7.49. The Morgan fingerprint density at radius 3 is 2.26 bits per heavy atom. The highest BCUT2D eigenvalue weighted by molar-refractivity contribution is 5.78. The fourth-order valence-corrected chi connectivity index (χ4v) is 2.42. The van der Waals surface area contributed by atoms with Crippen LogP contribution in [-0.4, -0.2) is 72.3 Å². The first kappa shape index (κ1) is 19.7. The predicted molar refractivity (Wildman–Crippen MR) is 88.1 cm³/mol. The third-order valence-corrected chi connectivity index (χ3v) is 3.86. The monoisotopic (exact) mass is 329 g/mol. The number of ether oxygens (including phenoxy) is 2. The summed E-state index contributed by atoms with van der Waals surface area (Å²) in [6.45, 7) is 10.8. The lowest BCUT2D eigenvalue weighted by Gasteiger charge is -2.42. The molecule has 23 heavy (non-hydrogen) atoms. The molecule has 2 amide bonds. The van der Waals surface area contributed by atoms with Gasteiger partial charge >= 0.3 is 6.09 Å². The lowest BCUT2D eigenvalue weighted by atomic mass is 10.0. The zero-order chi connectivity index (χ0) is 17.8. The van der Waals surface area contributed by atoms with Gasteiger partial charge in [0.25, 0.3) is 0 Å². The van der Waals surface area contributed by atoms with E-state index in [9.17, 15) is 9.59 Å². The molecule has 7 heteroatoms. The number of nitrogens with two attached hydrogens (primary N) is 1. The van der Waals surface area contributed by atoms with Crippen LogP contribution in [0.25, 0.3) is 0 Å². The fourth-order valence-electron chi connectivity index (χ4n) is 2.42. The quantitative estimate of drug-likeness (QED) is 0.838. The Morgan fingerprint density at radius 2 is 1.78 bits per heavy atom. The molecule has 0 aromatic carbocycles. The predicted octanol–water partition coefficient (Wildman–Crippen LogP) is 1.21. The van der Waals surface area contributed by atoms with Gasteiger partial charge in [-0.2, -0.15) is 0 Å². The van der Waals surface area contributed by atoms with Gasteiger partial charge in [-0.15, -0.1) is 0 Å². The van der Waals surface area contributed by atoms with E-state index in [1.807, 2.05) is 34.6 Å². The van der Waals surface area contributed by atoms with Gasteiger partial charge in [0.2, 0.25) is 5.91 Å². The minimum atomic E-state index is -0.537. The molecular formula is C16H31N3O4. The zero-order valence-electron chi connectivity index (χ0n) is 15.2. The first-order valence-corrected chi connectivity index (χ1v) is 8.01. The van der Waals surface area contributed by atoms with Crippen molar-refractivity contribution in [3.05, 3.63) is 0 Å². The molecule has 1 rings (SSSR count). The minimum absolute atomic E-state index is 0.00358. The number of amides is 2. The normalized spacial score (nSPS) is 19.7. The molecule has 0 aromatic heterocycles. The van der Waals surface area contributed by atoms with Crippen molar-refractivity contribution in [3.63, 3.8) is 0 Å². The molecule has 0 spiro atoms. The van der Waals surface area contributed by atoms with E-state index in [2.05, 4.69) is 0 Å². The molecule has 0 aliphatic carbocycles. The number of methoxy groups -OCH3 is 1. The van der Waals surface area contributed by atoms with Crippen LogP contribution in [-0.2, 0) is 14.3 Å². The van der Waals surface area contributed by atoms with Crippen molar-refractivity contribution in [1.29, 1.82) is 0 Å². The van der Waals surface area contributed by atoms with Gasteiger partial charge in [0.1, 0.15) is 5.60 Å². The summed E-state index contributed by atoms with van der Waals surface area (Å²) in [4.78, 5) is 28.0. The van der Waals surface area contributed by atoms with Gasteiger partial charge in [-0.1, -0.05) is 0 Å². The molecule has 0 aromatic rings. The summed E-state index contributed by atoms with van der Waals surface area (Å²) in [7, 11) is 1.59. The number of rotatable bonds is 4. The highest BCUT2D eigenvalue weighted by Gasteiger charge is 2.35. The van der Waals surface area contributed by atoms with Crippen molar-refractivity contribution in [3.8, 4) is 0 Å². The molecule has 1 saturated heterocycles. The van der Waals surface area contributed by atoms with Crippen LogP contribution in [0.15, 0.2) is 0 Å². The Hall–Kier alpha value is -1.34. The van der Waals surface area contributed by atoms with Crippen LogP contribution in [0.3, 0.4) is 0 Å². The van der Waals surface area contributed by atoms with Crippen LogP contribution >= 0.6 is 0 Å². The number of carbonyl (C=O) groups is 2. The fraction of sp³-hybridized carbons (Fsp3) is 0.875. The maximum atomic E-state index is 12.5. The van der Waals surface area contributed by atoms with Crippen molar-refractivity contribution < 1.29 is 19.1 Å². The van der Waals surface area contributed by atoms with Crippen LogP contribution in [0.5, 0.6) is 0 Å². The Morgan fingerprint density at radius 1 is 1.17 bits per heavy atom. The topological polar surface area (TPSA) is 85.1 Å². The van der Waals surface area contributed by atoms with Crippen LogP contribution < -0.4 is 5.73 Å². The van der Waals surface area contributed by atoms with E-state index in [4.69, 9.17) is 15.2 Å². The third kappa shape index (κ3) is 5.99.